The highest BCUT2D eigenvalue weighted by molar-refractivity contribution is 6.10. The summed E-state index contributed by atoms with van der Waals surface area (Å²) in [6.07, 6.45) is 5.22. The molecule has 6 nitrogen and oxygen atoms in total. The van der Waals surface area contributed by atoms with E-state index in [2.05, 4.69) is 17.2 Å². The summed E-state index contributed by atoms with van der Waals surface area (Å²) in [4.78, 5) is 35.4. The summed E-state index contributed by atoms with van der Waals surface area (Å²) in [6.45, 7) is 11.2. The molecule has 1 aliphatic heterocycles. The smallest absolute Gasteiger partial charge is 0.336 e. The molecule has 0 aromatic rings. The molecule has 0 bridgehead atoms. The Morgan fingerprint density at radius 3 is 2.39 bits per heavy atom. The van der Waals surface area contributed by atoms with E-state index in [9.17, 15) is 14.4 Å². The van der Waals surface area contributed by atoms with Gasteiger partial charge in [-0.05, 0) is 32.8 Å². The van der Waals surface area contributed by atoms with Crippen molar-refractivity contribution in [3.05, 3.63) is 36.0 Å². The molecule has 1 saturated heterocycles. The maximum absolute atomic E-state index is 12.3. The van der Waals surface area contributed by atoms with Crippen LogP contribution in [0.2, 0.25) is 0 Å². The van der Waals surface area contributed by atoms with Gasteiger partial charge in [-0.1, -0.05) is 32.6 Å². The van der Waals surface area contributed by atoms with Gasteiger partial charge in [0.15, 0.2) is 0 Å². The number of amides is 2. The average Bonchev–Trinajstić information content (AvgIpc) is 2.52. The SMILES string of the molecule is C=C/C=C(C(=O)O)\C(=C/C)C(=O)NC1(C)CCCNC1=O.CC. The molecule has 3 N–H and O–H groups in total. The lowest BCUT2D eigenvalue weighted by molar-refractivity contribution is -0.134. The van der Waals surface area contributed by atoms with Gasteiger partial charge in [-0.15, -0.1) is 0 Å². The Hall–Kier alpha value is -2.37. The fourth-order valence-electron chi connectivity index (χ4n) is 2.19. The summed E-state index contributed by atoms with van der Waals surface area (Å²) < 4.78 is 0. The fourth-order valence-corrected chi connectivity index (χ4v) is 2.19. The van der Waals surface area contributed by atoms with Crippen LogP contribution in [0.3, 0.4) is 0 Å². The van der Waals surface area contributed by atoms with Crippen LogP contribution >= 0.6 is 0 Å². The summed E-state index contributed by atoms with van der Waals surface area (Å²) in [5.41, 5.74) is -1.19. The molecule has 0 spiro atoms. The first-order chi connectivity index (χ1) is 10.9. The quantitative estimate of drug-likeness (QED) is 0.532. The Labute approximate surface area is 137 Å². The Morgan fingerprint density at radius 1 is 1.35 bits per heavy atom. The van der Waals surface area contributed by atoms with E-state index in [0.29, 0.717) is 13.0 Å². The molecular weight excluding hydrogens is 296 g/mol. The van der Waals surface area contributed by atoms with Crippen molar-refractivity contribution in [1.82, 2.24) is 10.6 Å². The zero-order valence-corrected chi connectivity index (χ0v) is 14.2. The van der Waals surface area contributed by atoms with Gasteiger partial charge in [-0.25, -0.2) is 4.79 Å². The van der Waals surface area contributed by atoms with Crippen molar-refractivity contribution in [2.24, 2.45) is 0 Å². The first kappa shape index (κ1) is 20.6. The highest BCUT2D eigenvalue weighted by Gasteiger charge is 2.37. The van der Waals surface area contributed by atoms with Crippen LogP contribution < -0.4 is 10.6 Å². The highest BCUT2D eigenvalue weighted by Crippen LogP contribution is 2.19. The second kappa shape index (κ2) is 9.61. The van der Waals surface area contributed by atoms with Gasteiger partial charge >= 0.3 is 5.97 Å². The van der Waals surface area contributed by atoms with E-state index < -0.39 is 17.4 Å². The van der Waals surface area contributed by atoms with Crippen LogP contribution in [0.25, 0.3) is 0 Å². The number of allylic oxidation sites excluding steroid dienone is 3. The molecule has 1 atom stereocenters. The van der Waals surface area contributed by atoms with E-state index in [1.807, 2.05) is 13.8 Å². The second-order valence-corrected chi connectivity index (χ2v) is 4.97. The van der Waals surface area contributed by atoms with Crippen molar-refractivity contribution in [3.8, 4) is 0 Å². The normalized spacial score (nSPS) is 21.5. The number of nitrogens with one attached hydrogen (secondary N) is 2. The molecule has 2 amide bonds. The summed E-state index contributed by atoms with van der Waals surface area (Å²) in [5, 5.41) is 14.5. The average molecular weight is 322 g/mol. The summed E-state index contributed by atoms with van der Waals surface area (Å²) in [5.74, 6) is -2.08. The van der Waals surface area contributed by atoms with Gasteiger partial charge in [0, 0.05) is 12.1 Å². The van der Waals surface area contributed by atoms with E-state index in [1.54, 1.807) is 13.8 Å². The number of carboxylic acids is 1. The minimum absolute atomic E-state index is 0.00185. The van der Waals surface area contributed by atoms with Crippen molar-refractivity contribution in [2.45, 2.75) is 46.1 Å². The van der Waals surface area contributed by atoms with E-state index >= 15 is 0 Å². The van der Waals surface area contributed by atoms with Crippen LogP contribution in [0.4, 0.5) is 0 Å². The molecule has 1 heterocycles. The lowest BCUT2D eigenvalue weighted by Gasteiger charge is -2.33. The molecule has 0 aromatic heterocycles. The first-order valence-electron chi connectivity index (χ1n) is 7.69. The van der Waals surface area contributed by atoms with E-state index in [-0.39, 0.29) is 17.1 Å². The van der Waals surface area contributed by atoms with Crippen molar-refractivity contribution >= 4 is 17.8 Å². The summed E-state index contributed by atoms with van der Waals surface area (Å²) in [7, 11) is 0. The molecule has 1 unspecified atom stereocenters. The van der Waals surface area contributed by atoms with Crippen LogP contribution in [-0.2, 0) is 14.4 Å². The molecule has 0 radical (unpaired) electrons. The predicted molar refractivity (Wildman–Crippen MR) is 89.8 cm³/mol. The number of rotatable bonds is 5. The number of carbonyl (C=O) groups excluding carboxylic acids is 2. The van der Waals surface area contributed by atoms with Gasteiger partial charge in [-0.3, -0.25) is 9.59 Å². The number of hydrogen-bond donors (Lipinski definition) is 3. The number of hydrogen-bond acceptors (Lipinski definition) is 3. The van der Waals surface area contributed by atoms with Crippen molar-refractivity contribution in [3.63, 3.8) is 0 Å². The molecule has 6 heteroatoms. The van der Waals surface area contributed by atoms with Crippen molar-refractivity contribution in [1.29, 1.82) is 0 Å². The van der Waals surface area contributed by atoms with Crippen LogP contribution in [0.15, 0.2) is 36.0 Å². The van der Waals surface area contributed by atoms with Crippen molar-refractivity contribution < 1.29 is 19.5 Å². The Kier molecular flexibility index (Phi) is 8.62. The third-order valence-corrected chi connectivity index (χ3v) is 3.37. The summed E-state index contributed by atoms with van der Waals surface area (Å²) in [6, 6.07) is 0. The molecule has 23 heavy (non-hydrogen) atoms. The topological polar surface area (TPSA) is 95.5 Å². The zero-order valence-electron chi connectivity index (χ0n) is 14.2. The number of aliphatic carboxylic acids is 1. The molecule has 0 aliphatic carbocycles. The Bertz CT molecular complexity index is 535. The van der Waals surface area contributed by atoms with Gasteiger partial charge in [0.05, 0.1) is 5.57 Å². The first-order valence-corrected chi connectivity index (χ1v) is 7.69. The molecule has 0 aromatic carbocycles. The monoisotopic (exact) mass is 322 g/mol. The van der Waals surface area contributed by atoms with Crippen LogP contribution in [0.1, 0.15) is 40.5 Å². The maximum Gasteiger partial charge on any atom is 0.336 e. The third-order valence-electron chi connectivity index (χ3n) is 3.37. The fraction of sp³-hybridized carbons (Fsp3) is 0.471. The van der Waals surface area contributed by atoms with Crippen LogP contribution in [-0.4, -0.2) is 35.0 Å². The van der Waals surface area contributed by atoms with E-state index in [0.717, 1.165) is 6.42 Å². The van der Waals surface area contributed by atoms with Crippen LogP contribution in [0.5, 0.6) is 0 Å². The third kappa shape index (κ3) is 5.39. The van der Waals surface area contributed by atoms with E-state index in [4.69, 9.17) is 5.11 Å². The molecule has 1 aliphatic rings. The van der Waals surface area contributed by atoms with Gasteiger partial charge in [0.2, 0.25) is 5.91 Å². The van der Waals surface area contributed by atoms with Gasteiger partial charge in [0.25, 0.3) is 5.91 Å². The second-order valence-electron chi connectivity index (χ2n) is 4.97. The summed E-state index contributed by atoms with van der Waals surface area (Å²) >= 11 is 0. The zero-order chi connectivity index (χ0) is 18.0. The standard InChI is InChI=1S/C15H20N2O4.C2H6/c1-4-7-11(13(19)20)10(5-2)12(18)17-15(3)8-6-9-16-14(15)21;1-2/h4-5,7H,1,6,8-9H2,2-3H3,(H,16,21)(H,17,18)(H,19,20);1-2H3/b10-5+,11-7+;. The maximum atomic E-state index is 12.3. The van der Waals surface area contributed by atoms with Crippen molar-refractivity contribution in [2.75, 3.05) is 6.54 Å². The molecule has 1 fully saturated rings. The van der Waals surface area contributed by atoms with E-state index in [1.165, 1.54) is 18.2 Å². The largest absolute Gasteiger partial charge is 0.478 e. The lowest BCUT2D eigenvalue weighted by Crippen LogP contribution is -2.60. The Balaban J connectivity index is 0.00000232. The number of piperidine rings is 1. The van der Waals surface area contributed by atoms with Gasteiger partial charge < -0.3 is 15.7 Å². The van der Waals surface area contributed by atoms with Gasteiger partial charge in [0.1, 0.15) is 5.54 Å². The highest BCUT2D eigenvalue weighted by atomic mass is 16.4. The lowest BCUT2D eigenvalue weighted by atomic mass is 9.90. The van der Waals surface area contributed by atoms with Crippen LogP contribution in [0, 0.1) is 0 Å². The molecule has 128 valence electrons. The molecular formula is C17H26N2O4. The number of carbonyl (C=O) groups is 3. The minimum Gasteiger partial charge on any atom is -0.478 e. The predicted octanol–water partition coefficient (Wildman–Crippen LogP) is 1.94. The molecule has 1 rings (SSSR count). The Morgan fingerprint density at radius 2 is 1.96 bits per heavy atom. The van der Waals surface area contributed by atoms with Gasteiger partial charge in [-0.2, -0.15) is 0 Å². The molecule has 0 saturated carbocycles. The number of carboxylic acid groups (broad SMARTS) is 1. The minimum atomic E-state index is -1.23.